The molecule has 1 rings (SSSR count). The van der Waals surface area contributed by atoms with Crippen molar-refractivity contribution in [1.82, 2.24) is 0 Å². The van der Waals surface area contributed by atoms with Crippen molar-refractivity contribution in [2.45, 2.75) is 20.3 Å². The lowest BCUT2D eigenvalue weighted by molar-refractivity contribution is -0.148. The summed E-state index contributed by atoms with van der Waals surface area (Å²) < 4.78 is 17.8. The lowest BCUT2D eigenvalue weighted by Gasteiger charge is -2.18. The molecule has 0 bridgehead atoms. The number of hydrogen-bond donors (Lipinski definition) is 2. The van der Waals surface area contributed by atoms with Gasteiger partial charge in [-0.25, -0.2) is 9.18 Å². The number of rotatable bonds is 5. The number of methoxy groups -OCH3 is 1. The van der Waals surface area contributed by atoms with Crippen molar-refractivity contribution in [2.24, 2.45) is 5.41 Å². The Labute approximate surface area is 120 Å². The van der Waals surface area contributed by atoms with Crippen LogP contribution in [0.4, 0.5) is 10.1 Å². The quantitative estimate of drug-likeness (QED) is 0.811. The number of esters is 1. The maximum Gasteiger partial charge on any atom is 0.340 e. The number of amides is 1. The third-order valence-corrected chi connectivity index (χ3v) is 2.84. The van der Waals surface area contributed by atoms with Gasteiger partial charge in [0.05, 0.1) is 18.1 Å². The average Bonchev–Trinajstić information content (AvgIpc) is 2.39. The van der Waals surface area contributed by atoms with Gasteiger partial charge in [-0.1, -0.05) is 0 Å². The number of ether oxygens (including phenoxy) is 1. The molecule has 1 amide bonds. The lowest BCUT2D eigenvalue weighted by Crippen LogP contribution is -2.29. The van der Waals surface area contributed by atoms with Crippen LogP contribution in [0.15, 0.2) is 18.2 Å². The van der Waals surface area contributed by atoms with Gasteiger partial charge in [0.25, 0.3) is 0 Å². The molecule has 0 radical (unpaired) electrons. The van der Waals surface area contributed by atoms with Crippen LogP contribution in [0.2, 0.25) is 0 Å². The molecule has 114 valence electrons. The largest absolute Gasteiger partial charge is 0.481 e. The number of halogens is 1. The molecule has 0 saturated heterocycles. The number of benzene rings is 1. The van der Waals surface area contributed by atoms with Crippen molar-refractivity contribution in [3.63, 3.8) is 0 Å². The number of hydrogen-bond acceptors (Lipinski definition) is 4. The van der Waals surface area contributed by atoms with Gasteiger partial charge in [-0.05, 0) is 32.0 Å². The van der Waals surface area contributed by atoms with E-state index in [1.54, 1.807) is 0 Å². The fourth-order valence-corrected chi connectivity index (χ4v) is 1.55. The molecule has 0 aliphatic heterocycles. The number of anilines is 1. The topological polar surface area (TPSA) is 92.7 Å². The SMILES string of the molecule is COC(=O)c1cc(NC(=O)CC(C)(C)C(=O)O)ccc1F. The molecular formula is C14H16FNO5. The molecule has 0 heterocycles. The van der Waals surface area contributed by atoms with Crippen molar-refractivity contribution in [2.75, 3.05) is 12.4 Å². The summed E-state index contributed by atoms with van der Waals surface area (Å²) in [5, 5.41) is 11.4. The summed E-state index contributed by atoms with van der Waals surface area (Å²) in [5.41, 5.74) is -1.36. The minimum absolute atomic E-state index is 0.183. The van der Waals surface area contributed by atoms with Gasteiger partial charge < -0.3 is 15.2 Å². The van der Waals surface area contributed by atoms with Crippen LogP contribution in [0.25, 0.3) is 0 Å². The summed E-state index contributed by atoms with van der Waals surface area (Å²) in [7, 11) is 1.11. The molecule has 0 unspecified atom stereocenters. The van der Waals surface area contributed by atoms with Gasteiger partial charge in [0.15, 0.2) is 0 Å². The molecule has 0 aliphatic carbocycles. The zero-order valence-corrected chi connectivity index (χ0v) is 11.9. The zero-order chi connectivity index (χ0) is 16.2. The van der Waals surface area contributed by atoms with Crippen LogP contribution < -0.4 is 5.32 Å². The Morgan fingerprint density at radius 3 is 2.48 bits per heavy atom. The van der Waals surface area contributed by atoms with Crippen LogP contribution in [-0.4, -0.2) is 30.1 Å². The summed E-state index contributed by atoms with van der Waals surface area (Å²) in [6, 6.07) is 3.42. The highest BCUT2D eigenvalue weighted by molar-refractivity contribution is 5.96. The normalized spacial score (nSPS) is 10.9. The van der Waals surface area contributed by atoms with E-state index < -0.39 is 29.1 Å². The molecule has 2 N–H and O–H groups in total. The fraction of sp³-hybridized carbons (Fsp3) is 0.357. The summed E-state index contributed by atoms with van der Waals surface area (Å²) in [5.74, 6) is -3.29. The van der Waals surface area contributed by atoms with Crippen molar-refractivity contribution >= 4 is 23.5 Å². The first-order chi connectivity index (χ1) is 9.67. The summed E-state index contributed by atoms with van der Waals surface area (Å²) in [6.45, 7) is 2.83. The second kappa shape index (κ2) is 6.34. The Bertz CT molecular complexity index is 583. The third-order valence-electron chi connectivity index (χ3n) is 2.84. The van der Waals surface area contributed by atoms with Crippen LogP contribution in [0.1, 0.15) is 30.6 Å². The fourth-order valence-electron chi connectivity index (χ4n) is 1.55. The molecule has 0 saturated carbocycles. The van der Waals surface area contributed by atoms with E-state index in [2.05, 4.69) is 10.1 Å². The molecule has 0 fully saturated rings. The van der Waals surface area contributed by atoms with E-state index in [9.17, 15) is 18.8 Å². The van der Waals surface area contributed by atoms with Gasteiger partial charge in [0.1, 0.15) is 5.82 Å². The van der Waals surface area contributed by atoms with Crippen LogP contribution in [0, 0.1) is 11.2 Å². The number of carboxylic acids is 1. The highest BCUT2D eigenvalue weighted by Gasteiger charge is 2.30. The third kappa shape index (κ3) is 4.27. The maximum atomic E-state index is 13.4. The molecule has 1 aromatic carbocycles. The maximum absolute atomic E-state index is 13.4. The Morgan fingerprint density at radius 2 is 1.95 bits per heavy atom. The van der Waals surface area contributed by atoms with Gasteiger partial charge in [-0.3, -0.25) is 9.59 Å². The predicted octanol–water partition coefficient (Wildman–Crippen LogP) is 2.05. The Balaban J connectivity index is 2.87. The Kier molecular flexibility index (Phi) is 5.02. The van der Waals surface area contributed by atoms with Crippen molar-refractivity contribution < 1.29 is 28.6 Å². The first-order valence-corrected chi connectivity index (χ1v) is 6.08. The molecule has 1 aromatic rings. The first-order valence-electron chi connectivity index (χ1n) is 6.08. The number of nitrogens with one attached hydrogen (secondary N) is 1. The number of carbonyl (C=O) groups is 3. The minimum Gasteiger partial charge on any atom is -0.481 e. The van der Waals surface area contributed by atoms with Crippen LogP contribution in [-0.2, 0) is 14.3 Å². The van der Waals surface area contributed by atoms with Gasteiger partial charge in [0.2, 0.25) is 5.91 Å². The number of aliphatic carboxylic acids is 1. The van der Waals surface area contributed by atoms with E-state index in [1.807, 2.05) is 0 Å². The summed E-state index contributed by atoms with van der Waals surface area (Å²) in [4.78, 5) is 34.1. The molecule has 6 nitrogen and oxygen atoms in total. The van der Waals surface area contributed by atoms with Crippen LogP contribution in [0.5, 0.6) is 0 Å². The molecule has 0 aromatic heterocycles. The molecule has 7 heteroatoms. The van der Waals surface area contributed by atoms with E-state index in [0.29, 0.717) is 0 Å². The lowest BCUT2D eigenvalue weighted by atomic mass is 9.89. The minimum atomic E-state index is -1.23. The zero-order valence-electron chi connectivity index (χ0n) is 11.9. The van der Waals surface area contributed by atoms with Crippen LogP contribution >= 0.6 is 0 Å². The smallest absolute Gasteiger partial charge is 0.340 e. The second-order valence-corrected chi connectivity index (χ2v) is 5.10. The van der Waals surface area contributed by atoms with Gasteiger partial charge in [0, 0.05) is 12.1 Å². The molecule has 21 heavy (non-hydrogen) atoms. The molecular weight excluding hydrogens is 281 g/mol. The van der Waals surface area contributed by atoms with Gasteiger partial charge in [-0.2, -0.15) is 0 Å². The highest BCUT2D eigenvalue weighted by Crippen LogP contribution is 2.22. The number of carboxylic acid groups (broad SMARTS) is 1. The highest BCUT2D eigenvalue weighted by atomic mass is 19.1. The van der Waals surface area contributed by atoms with E-state index in [4.69, 9.17) is 5.11 Å². The van der Waals surface area contributed by atoms with E-state index >= 15 is 0 Å². The van der Waals surface area contributed by atoms with Crippen molar-refractivity contribution in [1.29, 1.82) is 0 Å². The standard InChI is InChI=1S/C14H16FNO5/c1-14(2,13(19)20)7-11(17)16-8-4-5-10(15)9(6-8)12(18)21-3/h4-6H,7H2,1-3H3,(H,16,17)(H,19,20). The summed E-state index contributed by atoms with van der Waals surface area (Å²) in [6.07, 6.45) is -0.257. The molecule has 0 aliphatic rings. The molecule has 0 atom stereocenters. The van der Waals surface area contributed by atoms with Crippen LogP contribution in [0.3, 0.4) is 0 Å². The van der Waals surface area contributed by atoms with Crippen molar-refractivity contribution in [3.8, 4) is 0 Å². The van der Waals surface area contributed by atoms with Gasteiger partial charge in [-0.15, -0.1) is 0 Å². The molecule has 0 spiro atoms. The van der Waals surface area contributed by atoms with E-state index in [1.165, 1.54) is 19.9 Å². The Morgan fingerprint density at radius 1 is 1.33 bits per heavy atom. The average molecular weight is 297 g/mol. The summed E-state index contributed by atoms with van der Waals surface area (Å²) >= 11 is 0. The number of carbonyl (C=O) groups excluding carboxylic acids is 2. The van der Waals surface area contributed by atoms with Gasteiger partial charge >= 0.3 is 11.9 Å². The Hall–Kier alpha value is -2.44. The van der Waals surface area contributed by atoms with Crippen molar-refractivity contribution in [3.05, 3.63) is 29.6 Å². The van der Waals surface area contributed by atoms with E-state index in [-0.39, 0.29) is 17.7 Å². The second-order valence-electron chi connectivity index (χ2n) is 5.10. The predicted molar refractivity (Wildman–Crippen MR) is 72.4 cm³/mol. The van der Waals surface area contributed by atoms with E-state index in [0.717, 1.165) is 19.2 Å². The monoisotopic (exact) mass is 297 g/mol. The first kappa shape index (κ1) is 16.6.